The van der Waals surface area contributed by atoms with E-state index in [2.05, 4.69) is 5.32 Å². The number of hydrogen-bond donors (Lipinski definition) is 1. The highest BCUT2D eigenvalue weighted by atomic mass is 19.1. The number of carbonyl (C=O) groups excluding carboxylic acids is 3. The van der Waals surface area contributed by atoms with Crippen LogP contribution in [0, 0.1) is 11.6 Å². The first kappa shape index (κ1) is 24.6. The second kappa shape index (κ2) is 10.1. The van der Waals surface area contributed by atoms with Gasteiger partial charge in [-0.25, -0.2) is 8.78 Å². The van der Waals surface area contributed by atoms with Gasteiger partial charge in [0.15, 0.2) is 0 Å². The van der Waals surface area contributed by atoms with Crippen molar-refractivity contribution >= 4 is 17.7 Å². The molecular formula is C27H25F2N3O5. The Labute approximate surface area is 211 Å². The fraction of sp³-hybridized carbons (Fsp3) is 0.296. The topological polar surface area (TPSA) is 92.1 Å². The minimum atomic E-state index is -1.14. The zero-order valence-corrected chi connectivity index (χ0v) is 19.9. The summed E-state index contributed by atoms with van der Waals surface area (Å²) >= 11 is 0. The van der Waals surface area contributed by atoms with Gasteiger partial charge >= 0.3 is 0 Å². The first-order valence-corrected chi connectivity index (χ1v) is 11.9. The Kier molecular flexibility index (Phi) is 6.75. The van der Waals surface area contributed by atoms with Crippen molar-refractivity contribution in [2.24, 2.45) is 0 Å². The van der Waals surface area contributed by atoms with Crippen LogP contribution in [0.3, 0.4) is 0 Å². The van der Waals surface area contributed by atoms with Crippen LogP contribution in [-0.2, 0) is 16.1 Å². The summed E-state index contributed by atoms with van der Waals surface area (Å²) in [5.41, 5.74) is -0.693. The first-order valence-electron chi connectivity index (χ1n) is 11.9. The number of furan rings is 1. The Morgan fingerprint density at radius 2 is 1.68 bits per heavy atom. The number of carbonyl (C=O) groups is 3. The molecule has 37 heavy (non-hydrogen) atoms. The molecule has 2 aliphatic heterocycles. The molecule has 0 saturated carbocycles. The number of ether oxygens (including phenoxy) is 1. The second-order valence-electron chi connectivity index (χ2n) is 9.05. The van der Waals surface area contributed by atoms with Gasteiger partial charge in [-0.3, -0.25) is 19.3 Å². The van der Waals surface area contributed by atoms with Crippen LogP contribution in [0.1, 0.15) is 39.3 Å². The summed E-state index contributed by atoms with van der Waals surface area (Å²) in [5, 5.41) is 2.77. The smallest absolute Gasteiger partial charge is 0.256 e. The molecule has 1 N–H and O–H groups in total. The number of hydrogen-bond acceptors (Lipinski definition) is 5. The van der Waals surface area contributed by atoms with Crippen molar-refractivity contribution in [2.75, 3.05) is 19.7 Å². The number of nitrogens with zero attached hydrogens (tertiary/aromatic N) is 2. The molecule has 8 nitrogen and oxygen atoms in total. The maximum atomic E-state index is 13.9. The van der Waals surface area contributed by atoms with Crippen molar-refractivity contribution in [3.05, 3.63) is 95.4 Å². The minimum Gasteiger partial charge on any atom is -0.467 e. The lowest BCUT2D eigenvalue weighted by atomic mass is 9.96. The Bertz CT molecular complexity index is 1290. The molecule has 2 fully saturated rings. The summed E-state index contributed by atoms with van der Waals surface area (Å²) in [4.78, 5) is 42.7. The van der Waals surface area contributed by atoms with E-state index in [4.69, 9.17) is 9.15 Å². The third-order valence-electron chi connectivity index (χ3n) is 6.79. The van der Waals surface area contributed by atoms with E-state index in [1.165, 1.54) is 53.6 Å². The van der Waals surface area contributed by atoms with Crippen LogP contribution < -0.4 is 5.32 Å². The number of rotatable bonds is 5. The van der Waals surface area contributed by atoms with Gasteiger partial charge in [-0.05, 0) is 54.6 Å². The van der Waals surface area contributed by atoms with E-state index in [0.29, 0.717) is 11.3 Å². The van der Waals surface area contributed by atoms with Gasteiger partial charge in [0.25, 0.3) is 11.8 Å². The van der Waals surface area contributed by atoms with E-state index < -0.39 is 35.2 Å². The van der Waals surface area contributed by atoms with Crippen LogP contribution >= 0.6 is 0 Å². The number of piperidine rings is 1. The molecule has 10 heteroatoms. The highest BCUT2D eigenvalue weighted by molar-refractivity contribution is 5.98. The SMILES string of the molecule is O=C(NCc1ccco1)[C@H]1COC2(CCN(C(=O)c3ccc(F)cc3)CC2)N1C(=O)c1cccc(F)c1. The molecule has 3 amide bonds. The highest BCUT2D eigenvalue weighted by Gasteiger charge is 2.54. The molecule has 0 aliphatic carbocycles. The highest BCUT2D eigenvalue weighted by Crippen LogP contribution is 2.39. The van der Waals surface area contributed by atoms with Crippen LogP contribution in [0.5, 0.6) is 0 Å². The lowest BCUT2D eigenvalue weighted by molar-refractivity contribution is -0.128. The van der Waals surface area contributed by atoms with Gasteiger partial charge in [-0.2, -0.15) is 0 Å². The Hall–Kier alpha value is -4.05. The van der Waals surface area contributed by atoms with Gasteiger partial charge in [0.1, 0.15) is 29.2 Å². The molecule has 5 rings (SSSR count). The molecule has 2 aliphatic rings. The quantitative estimate of drug-likeness (QED) is 0.570. The molecule has 2 saturated heterocycles. The molecule has 0 bridgehead atoms. The predicted molar refractivity (Wildman–Crippen MR) is 127 cm³/mol. The van der Waals surface area contributed by atoms with E-state index in [1.54, 1.807) is 17.0 Å². The monoisotopic (exact) mass is 509 g/mol. The lowest BCUT2D eigenvalue weighted by Gasteiger charge is -2.44. The van der Waals surface area contributed by atoms with E-state index in [9.17, 15) is 23.2 Å². The van der Waals surface area contributed by atoms with E-state index in [0.717, 1.165) is 6.07 Å². The van der Waals surface area contributed by atoms with Crippen LogP contribution in [0.2, 0.25) is 0 Å². The zero-order chi connectivity index (χ0) is 26.0. The molecule has 0 unspecified atom stereocenters. The molecule has 3 aromatic rings. The van der Waals surface area contributed by atoms with Crippen molar-refractivity contribution in [3.8, 4) is 0 Å². The number of benzene rings is 2. The molecular weight excluding hydrogens is 484 g/mol. The van der Waals surface area contributed by atoms with E-state index in [-0.39, 0.29) is 50.6 Å². The molecule has 3 heterocycles. The predicted octanol–water partition coefficient (Wildman–Crippen LogP) is 3.35. The summed E-state index contributed by atoms with van der Waals surface area (Å²) < 4.78 is 38.6. The van der Waals surface area contributed by atoms with Crippen molar-refractivity contribution in [1.82, 2.24) is 15.1 Å². The fourth-order valence-corrected chi connectivity index (χ4v) is 4.87. The van der Waals surface area contributed by atoms with E-state index >= 15 is 0 Å². The first-order chi connectivity index (χ1) is 17.9. The van der Waals surface area contributed by atoms with Gasteiger partial charge in [0, 0.05) is 37.1 Å². The van der Waals surface area contributed by atoms with E-state index in [1.807, 2.05) is 0 Å². The molecule has 1 atom stereocenters. The van der Waals surface area contributed by atoms with Gasteiger partial charge < -0.3 is 19.4 Å². The average molecular weight is 510 g/mol. The Morgan fingerprint density at radius 1 is 0.919 bits per heavy atom. The normalized spacial score (nSPS) is 18.7. The average Bonchev–Trinajstić information content (AvgIpc) is 3.56. The summed E-state index contributed by atoms with van der Waals surface area (Å²) in [7, 11) is 0. The van der Waals surface area contributed by atoms with Crippen molar-refractivity contribution < 1.29 is 32.3 Å². The zero-order valence-electron chi connectivity index (χ0n) is 19.9. The summed E-state index contributed by atoms with van der Waals surface area (Å²) in [5.74, 6) is -1.67. The summed E-state index contributed by atoms with van der Waals surface area (Å²) in [6, 6.07) is 13.1. The van der Waals surface area contributed by atoms with Gasteiger partial charge in [-0.15, -0.1) is 0 Å². The maximum absolute atomic E-state index is 13.9. The van der Waals surface area contributed by atoms with Crippen LogP contribution in [0.4, 0.5) is 8.78 Å². The largest absolute Gasteiger partial charge is 0.467 e. The van der Waals surface area contributed by atoms with Crippen LogP contribution in [0.25, 0.3) is 0 Å². The Balaban J connectivity index is 1.36. The second-order valence-corrected chi connectivity index (χ2v) is 9.05. The Morgan fingerprint density at radius 3 is 2.35 bits per heavy atom. The summed E-state index contributed by atoms with van der Waals surface area (Å²) in [6.45, 7) is 0.599. The minimum absolute atomic E-state index is 0.0447. The molecule has 0 radical (unpaired) electrons. The van der Waals surface area contributed by atoms with Crippen LogP contribution in [-0.4, -0.2) is 59.0 Å². The molecule has 192 valence electrons. The van der Waals surface area contributed by atoms with Crippen molar-refractivity contribution in [1.29, 1.82) is 0 Å². The number of amides is 3. The van der Waals surface area contributed by atoms with Crippen molar-refractivity contribution in [2.45, 2.75) is 31.2 Å². The van der Waals surface area contributed by atoms with Gasteiger partial charge in [0.05, 0.1) is 19.4 Å². The lowest BCUT2D eigenvalue weighted by Crippen LogP contribution is -2.59. The van der Waals surface area contributed by atoms with Gasteiger partial charge in [0.2, 0.25) is 5.91 Å². The number of nitrogens with one attached hydrogen (secondary N) is 1. The number of halogens is 2. The van der Waals surface area contributed by atoms with Crippen molar-refractivity contribution in [3.63, 3.8) is 0 Å². The summed E-state index contributed by atoms with van der Waals surface area (Å²) in [6.07, 6.45) is 2.00. The number of likely N-dealkylation sites (tertiary alicyclic amines) is 1. The molecule has 1 spiro atoms. The third-order valence-corrected chi connectivity index (χ3v) is 6.79. The third kappa shape index (κ3) is 4.97. The standard InChI is InChI=1S/C27H25F2N3O5/c28-20-8-6-18(7-9-20)25(34)31-12-10-27(11-13-31)32(26(35)19-3-1-4-21(29)15-19)23(17-37-27)24(33)30-16-22-5-2-14-36-22/h1-9,14-15,23H,10-13,16-17H2,(H,30,33)/t23-/m1/s1. The van der Waals surface area contributed by atoms with Gasteiger partial charge in [-0.1, -0.05) is 6.07 Å². The molecule has 1 aromatic heterocycles. The molecule has 2 aromatic carbocycles. The van der Waals surface area contributed by atoms with Crippen LogP contribution in [0.15, 0.2) is 71.3 Å². The maximum Gasteiger partial charge on any atom is 0.256 e. The fourth-order valence-electron chi connectivity index (χ4n) is 4.87.